The van der Waals surface area contributed by atoms with Gasteiger partial charge in [0.2, 0.25) is 0 Å². The molecule has 1 aromatic rings. The van der Waals surface area contributed by atoms with Crippen LogP contribution in [0.2, 0.25) is 0 Å². The summed E-state index contributed by atoms with van der Waals surface area (Å²) in [4.78, 5) is 3.71. The van der Waals surface area contributed by atoms with Crippen molar-refractivity contribution in [2.45, 2.75) is 5.03 Å². The average Bonchev–Trinajstić information content (AvgIpc) is 2.03. The number of hydrogen-bond acceptors (Lipinski definition) is 4. The van der Waals surface area contributed by atoms with Crippen molar-refractivity contribution in [2.75, 3.05) is 13.4 Å². The number of ether oxygens (including phenoxy) is 1. The van der Waals surface area contributed by atoms with E-state index in [0.29, 0.717) is 0 Å². The number of nitrogens with zero attached hydrogens (tertiary/aromatic N) is 1. The Morgan fingerprint density at radius 1 is 1.50 bits per heavy atom. The molecule has 0 unspecified atom stereocenters. The Morgan fingerprint density at radius 3 is 2.58 bits per heavy atom. The summed E-state index contributed by atoms with van der Waals surface area (Å²) < 4.78 is 27.0. The molecule has 66 valence electrons. The quantitative estimate of drug-likeness (QED) is 0.676. The normalized spacial score (nSPS) is 11.2. The molecule has 1 aromatic heterocycles. The lowest BCUT2D eigenvalue weighted by atomic mass is 10.5. The minimum Gasteiger partial charge on any atom is -0.494 e. The summed E-state index contributed by atoms with van der Waals surface area (Å²) in [5.41, 5.74) is 0. The third-order valence-electron chi connectivity index (χ3n) is 1.31. The van der Waals surface area contributed by atoms with Crippen molar-refractivity contribution >= 4 is 9.84 Å². The number of sulfone groups is 1. The van der Waals surface area contributed by atoms with Gasteiger partial charge in [0.25, 0.3) is 0 Å². The zero-order valence-corrected chi connectivity index (χ0v) is 7.63. The van der Waals surface area contributed by atoms with Gasteiger partial charge in [-0.1, -0.05) is 0 Å². The van der Waals surface area contributed by atoms with Crippen molar-refractivity contribution in [1.82, 2.24) is 4.98 Å². The molecule has 0 aromatic carbocycles. The van der Waals surface area contributed by atoms with Gasteiger partial charge >= 0.3 is 0 Å². The van der Waals surface area contributed by atoms with Crippen LogP contribution in [-0.4, -0.2) is 26.8 Å². The zero-order chi connectivity index (χ0) is 9.19. The predicted octanol–water partition coefficient (Wildman–Crippen LogP) is 0.494. The molecule has 4 nitrogen and oxygen atoms in total. The number of hydrogen-bond donors (Lipinski definition) is 0. The number of aromatic nitrogens is 1. The molecule has 1 rings (SSSR count). The van der Waals surface area contributed by atoms with Gasteiger partial charge in [-0.25, -0.2) is 13.4 Å². The maximum absolute atomic E-state index is 11.1. The predicted molar refractivity (Wildman–Crippen MR) is 43.9 cm³/mol. The largest absolute Gasteiger partial charge is 0.494 e. The smallest absolute Gasteiger partial charge is 0.197 e. The molecular weight excluding hydrogens is 178 g/mol. The SMILES string of the molecule is COc1cccnc1S(C)(=O)=O. The van der Waals surface area contributed by atoms with Crippen LogP contribution in [-0.2, 0) is 9.84 Å². The van der Waals surface area contributed by atoms with E-state index in [-0.39, 0.29) is 10.8 Å². The van der Waals surface area contributed by atoms with Crippen LogP contribution < -0.4 is 4.74 Å². The lowest BCUT2D eigenvalue weighted by Gasteiger charge is -2.03. The van der Waals surface area contributed by atoms with Gasteiger partial charge in [0.05, 0.1) is 7.11 Å². The Morgan fingerprint density at radius 2 is 2.17 bits per heavy atom. The Labute approximate surface area is 71.1 Å². The first-order valence-corrected chi connectivity index (χ1v) is 5.14. The van der Waals surface area contributed by atoms with Gasteiger partial charge in [0.1, 0.15) is 0 Å². The van der Waals surface area contributed by atoms with E-state index in [4.69, 9.17) is 4.74 Å². The van der Waals surface area contributed by atoms with Crippen molar-refractivity contribution in [2.24, 2.45) is 0 Å². The highest BCUT2D eigenvalue weighted by molar-refractivity contribution is 7.90. The van der Waals surface area contributed by atoms with E-state index in [0.717, 1.165) is 6.26 Å². The van der Waals surface area contributed by atoms with E-state index in [2.05, 4.69) is 4.98 Å². The molecule has 0 spiro atoms. The minimum atomic E-state index is -3.28. The molecule has 0 aliphatic rings. The topological polar surface area (TPSA) is 56.3 Å². The summed E-state index contributed by atoms with van der Waals surface area (Å²) >= 11 is 0. The van der Waals surface area contributed by atoms with Crippen LogP contribution in [0, 0.1) is 0 Å². The second-order valence-corrected chi connectivity index (χ2v) is 4.21. The highest BCUT2D eigenvalue weighted by atomic mass is 32.2. The standard InChI is InChI=1S/C7H9NO3S/c1-11-6-4-3-5-8-7(6)12(2,9)10/h3-5H,1-2H3. The third kappa shape index (κ3) is 1.73. The van der Waals surface area contributed by atoms with Crippen molar-refractivity contribution in [1.29, 1.82) is 0 Å². The first kappa shape index (κ1) is 8.99. The van der Waals surface area contributed by atoms with Crippen LogP contribution in [0.5, 0.6) is 5.75 Å². The van der Waals surface area contributed by atoms with Gasteiger partial charge < -0.3 is 4.74 Å². The monoisotopic (exact) mass is 187 g/mol. The molecule has 0 amide bonds. The lowest BCUT2D eigenvalue weighted by molar-refractivity contribution is 0.398. The van der Waals surface area contributed by atoms with Crippen LogP contribution in [0.25, 0.3) is 0 Å². The molecule has 0 aliphatic carbocycles. The van der Waals surface area contributed by atoms with Gasteiger partial charge in [-0.2, -0.15) is 0 Å². The molecule has 0 bridgehead atoms. The second-order valence-electron chi connectivity index (χ2n) is 2.28. The molecular formula is C7H9NO3S. The Balaban J connectivity index is 3.33. The number of methoxy groups -OCH3 is 1. The summed E-state index contributed by atoms with van der Waals surface area (Å²) in [5, 5.41) is -0.0208. The lowest BCUT2D eigenvalue weighted by Crippen LogP contribution is -2.02. The summed E-state index contributed by atoms with van der Waals surface area (Å²) in [6.07, 6.45) is 2.51. The van der Waals surface area contributed by atoms with E-state index < -0.39 is 9.84 Å². The van der Waals surface area contributed by atoms with Crippen LogP contribution in [0.4, 0.5) is 0 Å². The van der Waals surface area contributed by atoms with Crippen molar-refractivity contribution < 1.29 is 13.2 Å². The van der Waals surface area contributed by atoms with E-state index in [1.165, 1.54) is 13.3 Å². The molecule has 0 N–H and O–H groups in total. The second kappa shape index (κ2) is 3.10. The fourth-order valence-electron chi connectivity index (χ4n) is 0.810. The van der Waals surface area contributed by atoms with Gasteiger partial charge in [-0.05, 0) is 12.1 Å². The molecule has 0 aliphatic heterocycles. The number of rotatable bonds is 2. The fourth-order valence-corrected chi connectivity index (χ4v) is 1.58. The third-order valence-corrected chi connectivity index (χ3v) is 2.32. The Bertz CT molecular complexity index is 372. The van der Waals surface area contributed by atoms with Crippen molar-refractivity contribution in [3.05, 3.63) is 18.3 Å². The zero-order valence-electron chi connectivity index (χ0n) is 6.81. The molecule has 0 saturated heterocycles. The molecule has 1 heterocycles. The molecule has 5 heteroatoms. The van der Waals surface area contributed by atoms with Gasteiger partial charge in [-0.3, -0.25) is 0 Å². The Hall–Kier alpha value is -1.10. The first-order chi connectivity index (χ1) is 5.55. The number of pyridine rings is 1. The molecule has 0 radical (unpaired) electrons. The van der Waals surface area contributed by atoms with Crippen LogP contribution >= 0.6 is 0 Å². The van der Waals surface area contributed by atoms with Gasteiger partial charge in [0.15, 0.2) is 20.6 Å². The van der Waals surface area contributed by atoms with Gasteiger partial charge in [0, 0.05) is 12.5 Å². The van der Waals surface area contributed by atoms with Crippen LogP contribution in [0.3, 0.4) is 0 Å². The van der Waals surface area contributed by atoms with E-state index in [1.54, 1.807) is 12.1 Å². The van der Waals surface area contributed by atoms with Gasteiger partial charge in [-0.15, -0.1) is 0 Å². The van der Waals surface area contributed by atoms with E-state index in [9.17, 15) is 8.42 Å². The van der Waals surface area contributed by atoms with Crippen LogP contribution in [0.1, 0.15) is 0 Å². The summed E-state index contributed by atoms with van der Waals surface area (Å²) in [6.45, 7) is 0. The molecule has 12 heavy (non-hydrogen) atoms. The Kier molecular flexibility index (Phi) is 2.32. The molecule has 0 atom stereocenters. The highest BCUT2D eigenvalue weighted by Gasteiger charge is 2.14. The highest BCUT2D eigenvalue weighted by Crippen LogP contribution is 2.19. The van der Waals surface area contributed by atoms with Crippen LogP contribution in [0.15, 0.2) is 23.4 Å². The van der Waals surface area contributed by atoms with E-state index in [1.807, 2.05) is 0 Å². The molecule has 0 fully saturated rings. The molecule has 0 saturated carbocycles. The summed E-state index contributed by atoms with van der Waals surface area (Å²) in [6, 6.07) is 3.18. The first-order valence-electron chi connectivity index (χ1n) is 3.25. The maximum Gasteiger partial charge on any atom is 0.197 e. The van der Waals surface area contributed by atoms with E-state index >= 15 is 0 Å². The fraction of sp³-hybridized carbons (Fsp3) is 0.286. The summed E-state index contributed by atoms with van der Waals surface area (Å²) in [7, 11) is -1.87. The maximum atomic E-state index is 11.1. The van der Waals surface area contributed by atoms with Crippen molar-refractivity contribution in [3.8, 4) is 5.75 Å². The summed E-state index contributed by atoms with van der Waals surface area (Å²) in [5.74, 6) is 0.278. The average molecular weight is 187 g/mol. The minimum absolute atomic E-state index is 0.0208. The van der Waals surface area contributed by atoms with Crippen molar-refractivity contribution in [3.63, 3.8) is 0 Å².